The van der Waals surface area contributed by atoms with Crippen LogP contribution in [-0.2, 0) is 0 Å². The molecular formula is C22H27N5. The SMILES string of the molecule is Cc1cc(C)cc(-c2cccc(N3C(N)=NC(N)=NC34CCCCC4)c2)c1. The molecule has 2 aromatic rings. The topological polar surface area (TPSA) is 80.0 Å². The van der Waals surface area contributed by atoms with Gasteiger partial charge in [0.05, 0.1) is 0 Å². The Morgan fingerprint density at radius 1 is 0.889 bits per heavy atom. The van der Waals surface area contributed by atoms with Gasteiger partial charge in [-0.3, -0.25) is 4.90 Å². The monoisotopic (exact) mass is 361 g/mol. The van der Waals surface area contributed by atoms with Crippen molar-refractivity contribution in [1.29, 1.82) is 0 Å². The smallest absolute Gasteiger partial charge is 0.220 e. The van der Waals surface area contributed by atoms with Crippen molar-refractivity contribution >= 4 is 17.6 Å². The highest BCUT2D eigenvalue weighted by atomic mass is 15.4. The molecule has 2 aromatic carbocycles. The largest absolute Gasteiger partial charge is 0.369 e. The lowest BCUT2D eigenvalue weighted by Gasteiger charge is -2.45. The highest BCUT2D eigenvalue weighted by molar-refractivity contribution is 6.05. The van der Waals surface area contributed by atoms with Gasteiger partial charge in [-0.2, -0.15) is 4.99 Å². The summed E-state index contributed by atoms with van der Waals surface area (Å²) in [4.78, 5) is 11.1. The highest BCUT2D eigenvalue weighted by Gasteiger charge is 2.42. The lowest BCUT2D eigenvalue weighted by atomic mass is 9.87. The van der Waals surface area contributed by atoms with Crippen molar-refractivity contribution in [1.82, 2.24) is 0 Å². The van der Waals surface area contributed by atoms with Crippen molar-refractivity contribution < 1.29 is 0 Å². The molecule has 0 bridgehead atoms. The molecule has 4 rings (SSSR count). The number of hydrogen-bond acceptors (Lipinski definition) is 5. The first kappa shape index (κ1) is 17.6. The van der Waals surface area contributed by atoms with Crippen LogP contribution in [0.4, 0.5) is 5.69 Å². The number of guanidine groups is 2. The standard InChI is InChI=1S/C22H27N5/c1-15-11-16(2)13-18(12-15)17-7-6-8-19(14-17)27-21(24)25-20(23)26-22(27)9-4-3-5-10-22/h6-8,11-14H,3-5,9-10H2,1-2H3,(H4,23,24,25,26). The zero-order chi connectivity index (χ0) is 19.0. The highest BCUT2D eigenvalue weighted by Crippen LogP contribution is 2.40. The molecular weight excluding hydrogens is 334 g/mol. The lowest BCUT2D eigenvalue weighted by molar-refractivity contribution is 0.305. The Bertz CT molecular complexity index is 902. The van der Waals surface area contributed by atoms with E-state index in [1.165, 1.54) is 28.7 Å². The zero-order valence-electron chi connectivity index (χ0n) is 16.1. The third kappa shape index (κ3) is 3.29. The molecule has 27 heavy (non-hydrogen) atoms. The van der Waals surface area contributed by atoms with Crippen LogP contribution in [-0.4, -0.2) is 17.6 Å². The van der Waals surface area contributed by atoms with E-state index in [0.717, 1.165) is 31.4 Å². The van der Waals surface area contributed by atoms with Crippen LogP contribution in [0.25, 0.3) is 11.1 Å². The number of nitrogens with two attached hydrogens (primary N) is 2. The summed E-state index contributed by atoms with van der Waals surface area (Å²) >= 11 is 0. The summed E-state index contributed by atoms with van der Waals surface area (Å²) in [5.74, 6) is 0.720. The summed E-state index contributed by atoms with van der Waals surface area (Å²) in [6.07, 6.45) is 5.36. The van der Waals surface area contributed by atoms with Gasteiger partial charge in [-0.1, -0.05) is 47.9 Å². The van der Waals surface area contributed by atoms with Crippen LogP contribution in [0.3, 0.4) is 0 Å². The van der Waals surface area contributed by atoms with Gasteiger partial charge >= 0.3 is 0 Å². The average Bonchev–Trinajstić information content (AvgIpc) is 2.61. The predicted octanol–water partition coefficient (Wildman–Crippen LogP) is 4.08. The molecule has 1 fully saturated rings. The van der Waals surface area contributed by atoms with Crippen molar-refractivity contribution in [2.24, 2.45) is 21.5 Å². The predicted molar refractivity (Wildman–Crippen MR) is 113 cm³/mol. The quantitative estimate of drug-likeness (QED) is 0.846. The third-order valence-electron chi connectivity index (χ3n) is 5.51. The van der Waals surface area contributed by atoms with Gasteiger partial charge in [0.25, 0.3) is 0 Å². The number of aryl methyl sites for hydroxylation is 2. The molecule has 0 unspecified atom stereocenters. The minimum Gasteiger partial charge on any atom is -0.369 e. The number of benzene rings is 2. The number of hydrogen-bond donors (Lipinski definition) is 2. The summed E-state index contributed by atoms with van der Waals surface area (Å²) in [7, 11) is 0. The average molecular weight is 361 g/mol. The number of aliphatic imine (C=N–C) groups is 2. The molecule has 4 N–H and O–H groups in total. The molecule has 1 spiro atoms. The van der Waals surface area contributed by atoms with Gasteiger partial charge in [0.2, 0.25) is 11.9 Å². The zero-order valence-corrected chi connectivity index (χ0v) is 16.1. The Hall–Kier alpha value is -2.82. The molecule has 0 atom stereocenters. The summed E-state index contributed by atoms with van der Waals surface area (Å²) in [5.41, 5.74) is 17.8. The van der Waals surface area contributed by atoms with Gasteiger partial charge in [0.1, 0.15) is 5.66 Å². The van der Waals surface area contributed by atoms with E-state index in [9.17, 15) is 0 Å². The maximum Gasteiger partial charge on any atom is 0.220 e. The van der Waals surface area contributed by atoms with Crippen molar-refractivity contribution in [2.75, 3.05) is 4.90 Å². The van der Waals surface area contributed by atoms with E-state index < -0.39 is 5.66 Å². The first-order valence-electron chi connectivity index (χ1n) is 9.65. The van der Waals surface area contributed by atoms with E-state index >= 15 is 0 Å². The molecule has 2 aliphatic rings. The Morgan fingerprint density at radius 3 is 2.30 bits per heavy atom. The van der Waals surface area contributed by atoms with Crippen molar-refractivity contribution in [3.05, 3.63) is 53.6 Å². The first-order chi connectivity index (χ1) is 13.0. The van der Waals surface area contributed by atoms with E-state index in [1.807, 2.05) is 0 Å². The van der Waals surface area contributed by atoms with Gasteiger partial charge in [0.15, 0.2) is 0 Å². The van der Waals surface area contributed by atoms with Crippen molar-refractivity contribution in [3.63, 3.8) is 0 Å². The van der Waals surface area contributed by atoms with Crippen molar-refractivity contribution in [2.45, 2.75) is 51.6 Å². The fourth-order valence-corrected chi connectivity index (χ4v) is 4.46. The van der Waals surface area contributed by atoms with Crippen LogP contribution < -0.4 is 16.4 Å². The van der Waals surface area contributed by atoms with Gasteiger partial charge in [-0.25, -0.2) is 4.99 Å². The Morgan fingerprint density at radius 2 is 1.59 bits per heavy atom. The first-order valence-corrected chi connectivity index (χ1v) is 9.65. The van der Waals surface area contributed by atoms with Gasteiger partial charge in [-0.15, -0.1) is 0 Å². The minimum atomic E-state index is -0.407. The Kier molecular flexibility index (Phi) is 4.38. The molecule has 140 valence electrons. The molecule has 1 aliphatic carbocycles. The lowest BCUT2D eigenvalue weighted by Crippen LogP contribution is -2.58. The maximum atomic E-state index is 6.36. The van der Waals surface area contributed by atoms with Crippen LogP contribution >= 0.6 is 0 Å². The van der Waals surface area contributed by atoms with Gasteiger partial charge in [0, 0.05) is 5.69 Å². The van der Waals surface area contributed by atoms with Gasteiger partial charge in [-0.05, 0) is 62.8 Å². The Balaban J connectivity index is 1.79. The molecule has 1 aliphatic heterocycles. The van der Waals surface area contributed by atoms with E-state index in [0.29, 0.717) is 5.96 Å². The fourth-order valence-electron chi connectivity index (χ4n) is 4.46. The van der Waals surface area contributed by atoms with Gasteiger partial charge < -0.3 is 11.5 Å². The summed E-state index contributed by atoms with van der Waals surface area (Å²) < 4.78 is 0. The van der Waals surface area contributed by atoms with E-state index in [4.69, 9.17) is 16.5 Å². The van der Waals surface area contributed by atoms with E-state index in [-0.39, 0.29) is 5.96 Å². The second kappa shape index (κ2) is 6.72. The number of rotatable bonds is 2. The molecule has 0 saturated heterocycles. The van der Waals surface area contributed by atoms with Crippen LogP contribution in [0.15, 0.2) is 52.4 Å². The number of nitrogens with zero attached hydrogens (tertiary/aromatic N) is 3. The summed E-state index contributed by atoms with van der Waals surface area (Å²) in [6.45, 7) is 4.26. The maximum absolute atomic E-state index is 6.36. The van der Waals surface area contributed by atoms with Crippen LogP contribution in [0.1, 0.15) is 43.2 Å². The fraction of sp³-hybridized carbons (Fsp3) is 0.364. The molecule has 5 heteroatoms. The second-order valence-electron chi connectivity index (χ2n) is 7.75. The van der Waals surface area contributed by atoms with E-state index in [1.54, 1.807) is 0 Å². The second-order valence-corrected chi connectivity index (χ2v) is 7.75. The minimum absolute atomic E-state index is 0.288. The van der Waals surface area contributed by atoms with E-state index in [2.05, 4.69) is 66.2 Å². The molecule has 0 aromatic heterocycles. The molecule has 0 radical (unpaired) electrons. The van der Waals surface area contributed by atoms with Crippen LogP contribution in [0, 0.1) is 13.8 Å². The molecule has 1 heterocycles. The van der Waals surface area contributed by atoms with Crippen LogP contribution in [0.5, 0.6) is 0 Å². The van der Waals surface area contributed by atoms with Crippen LogP contribution in [0.2, 0.25) is 0 Å². The molecule has 5 nitrogen and oxygen atoms in total. The number of anilines is 1. The third-order valence-corrected chi connectivity index (χ3v) is 5.51. The Labute approximate surface area is 160 Å². The normalized spacial score (nSPS) is 19.0. The summed E-state index contributed by atoms with van der Waals surface area (Å²) in [5, 5.41) is 0. The molecule has 1 saturated carbocycles. The molecule has 0 amide bonds. The summed E-state index contributed by atoms with van der Waals surface area (Å²) in [6, 6.07) is 15.1. The van der Waals surface area contributed by atoms with Crippen molar-refractivity contribution in [3.8, 4) is 11.1 Å².